The maximum Gasteiger partial charge on any atom is 0.221 e. The van der Waals surface area contributed by atoms with E-state index in [1.807, 2.05) is 13.8 Å². The fourth-order valence-corrected chi connectivity index (χ4v) is 3.94. The van der Waals surface area contributed by atoms with Crippen molar-refractivity contribution in [2.24, 2.45) is 0 Å². The Morgan fingerprint density at radius 1 is 1.35 bits per heavy atom. The second kappa shape index (κ2) is 6.19. The summed E-state index contributed by atoms with van der Waals surface area (Å²) in [6.45, 7) is 8.32. The molecule has 0 bridgehead atoms. The van der Waals surface area contributed by atoms with E-state index in [0.717, 1.165) is 17.8 Å². The Bertz CT molecular complexity index is 700. The molecule has 0 saturated carbocycles. The fourth-order valence-electron chi connectivity index (χ4n) is 3.94. The van der Waals surface area contributed by atoms with Gasteiger partial charge in [0.1, 0.15) is 0 Å². The molecule has 0 aliphatic heterocycles. The van der Waals surface area contributed by atoms with Crippen molar-refractivity contribution < 1.29 is 4.79 Å². The van der Waals surface area contributed by atoms with Gasteiger partial charge in [0.2, 0.25) is 5.91 Å². The van der Waals surface area contributed by atoms with E-state index in [2.05, 4.69) is 53.6 Å². The summed E-state index contributed by atoms with van der Waals surface area (Å²) in [4.78, 5) is 12.5. The summed E-state index contributed by atoms with van der Waals surface area (Å²) in [5.74, 6) is 0.793. The molecule has 1 heterocycles. The number of aromatic nitrogens is 2. The Labute approximate surface area is 137 Å². The first-order valence-corrected chi connectivity index (χ1v) is 8.37. The highest BCUT2D eigenvalue weighted by molar-refractivity contribution is 5.77. The number of aryl methyl sites for hydroxylation is 2. The lowest BCUT2D eigenvalue weighted by atomic mass is 9.95. The van der Waals surface area contributed by atoms with Gasteiger partial charge < -0.3 is 5.32 Å². The number of carbonyl (C=O) groups excluding carboxylic acids is 1. The van der Waals surface area contributed by atoms with Gasteiger partial charge in [0.05, 0.1) is 11.7 Å². The number of carbonyl (C=O) groups is 1. The molecule has 3 rings (SSSR count). The van der Waals surface area contributed by atoms with Gasteiger partial charge in [-0.1, -0.05) is 38.1 Å². The summed E-state index contributed by atoms with van der Waals surface area (Å²) in [6.07, 6.45) is 1.48. The van der Waals surface area contributed by atoms with Crippen LogP contribution in [-0.2, 0) is 4.79 Å². The maximum absolute atomic E-state index is 12.5. The van der Waals surface area contributed by atoms with Gasteiger partial charge in [0.15, 0.2) is 0 Å². The van der Waals surface area contributed by atoms with Gasteiger partial charge in [-0.05, 0) is 48.8 Å². The third-order valence-corrected chi connectivity index (χ3v) is 5.00. The molecule has 23 heavy (non-hydrogen) atoms. The van der Waals surface area contributed by atoms with Crippen molar-refractivity contribution in [3.63, 3.8) is 0 Å². The van der Waals surface area contributed by atoms with E-state index < -0.39 is 0 Å². The van der Waals surface area contributed by atoms with Gasteiger partial charge in [0.25, 0.3) is 0 Å². The molecule has 4 nitrogen and oxygen atoms in total. The second-order valence-corrected chi connectivity index (χ2v) is 6.84. The predicted molar refractivity (Wildman–Crippen MR) is 91.5 cm³/mol. The van der Waals surface area contributed by atoms with Crippen LogP contribution in [0.3, 0.4) is 0 Å². The van der Waals surface area contributed by atoms with Crippen molar-refractivity contribution in [1.29, 1.82) is 0 Å². The third kappa shape index (κ3) is 3.03. The lowest BCUT2D eigenvalue weighted by Gasteiger charge is -2.17. The summed E-state index contributed by atoms with van der Waals surface area (Å²) in [5.41, 5.74) is 5.86. The van der Waals surface area contributed by atoms with Gasteiger partial charge in [-0.25, -0.2) is 0 Å². The molecule has 2 N–H and O–H groups in total. The highest BCUT2D eigenvalue weighted by atomic mass is 16.1. The van der Waals surface area contributed by atoms with Crippen molar-refractivity contribution in [2.75, 3.05) is 0 Å². The number of nitrogens with zero attached hydrogens (tertiary/aromatic N) is 1. The van der Waals surface area contributed by atoms with Crippen LogP contribution in [-0.4, -0.2) is 16.1 Å². The zero-order valence-electron chi connectivity index (χ0n) is 14.3. The van der Waals surface area contributed by atoms with Gasteiger partial charge in [0, 0.05) is 12.1 Å². The van der Waals surface area contributed by atoms with Gasteiger partial charge in [-0.3, -0.25) is 9.89 Å². The number of hydrogen-bond acceptors (Lipinski definition) is 2. The summed E-state index contributed by atoms with van der Waals surface area (Å²) in [5, 5.41) is 10.5. The molecule has 1 aliphatic rings. The van der Waals surface area contributed by atoms with E-state index in [4.69, 9.17) is 0 Å². The molecule has 1 aliphatic carbocycles. The van der Waals surface area contributed by atoms with Crippen molar-refractivity contribution >= 4 is 5.91 Å². The highest BCUT2D eigenvalue weighted by Crippen LogP contribution is 2.39. The van der Waals surface area contributed by atoms with Crippen LogP contribution in [0.2, 0.25) is 0 Å². The minimum absolute atomic E-state index is 0.117. The summed E-state index contributed by atoms with van der Waals surface area (Å²) >= 11 is 0. The first kappa shape index (κ1) is 15.8. The molecule has 0 saturated heterocycles. The minimum atomic E-state index is 0.117. The van der Waals surface area contributed by atoms with Crippen molar-refractivity contribution in [1.82, 2.24) is 15.5 Å². The molecular formula is C19H25N3O. The van der Waals surface area contributed by atoms with Gasteiger partial charge in [-0.2, -0.15) is 5.10 Å². The van der Waals surface area contributed by atoms with E-state index in [0.29, 0.717) is 12.3 Å². The standard InChI is InChI=1S/C19H25N3O/c1-11-9-17(16-8-6-5-7-15(11)16)20-18(23)10-12(2)19-13(3)21-22-14(19)4/h5-8,11-12,17H,9-10H2,1-4H3,(H,20,23)(H,21,22). The molecule has 3 atom stereocenters. The van der Waals surface area contributed by atoms with E-state index in [1.54, 1.807) is 0 Å². The molecule has 0 spiro atoms. The zero-order valence-corrected chi connectivity index (χ0v) is 14.3. The Morgan fingerprint density at radius 2 is 2.04 bits per heavy atom. The van der Waals surface area contributed by atoms with Gasteiger partial charge in [-0.15, -0.1) is 0 Å². The number of nitrogens with one attached hydrogen (secondary N) is 2. The number of rotatable bonds is 4. The Kier molecular flexibility index (Phi) is 4.24. The molecule has 3 unspecified atom stereocenters. The minimum Gasteiger partial charge on any atom is -0.349 e. The largest absolute Gasteiger partial charge is 0.349 e. The number of hydrogen-bond donors (Lipinski definition) is 2. The number of fused-ring (bicyclic) bond motifs is 1. The van der Waals surface area contributed by atoms with Crippen LogP contribution >= 0.6 is 0 Å². The fraction of sp³-hybridized carbons (Fsp3) is 0.474. The topological polar surface area (TPSA) is 57.8 Å². The monoisotopic (exact) mass is 311 g/mol. The van der Waals surface area contributed by atoms with E-state index in [-0.39, 0.29) is 17.9 Å². The van der Waals surface area contributed by atoms with E-state index in [9.17, 15) is 4.79 Å². The van der Waals surface area contributed by atoms with Crippen molar-refractivity contribution in [3.05, 3.63) is 52.3 Å². The lowest BCUT2D eigenvalue weighted by Crippen LogP contribution is -2.28. The Morgan fingerprint density at radius 3 is 2.70 bits per heavy atom. The highest BCUT2D eigenvalue weighted by Gasteiger charge is 2.29. The van der Waals surface area contributed by atoms with Crippen LogP contribution in [0.15, 0.2) is 24.3 Å². The first-order valence-electron chi connectivity index (χ1n) is 8.37. The molecule has 1 amide bonds. The van der Waals surface area contributed by atoms with Gasteiger partial charge >= 0.3 is 0 Å². The average molecular weight is 311 g/mol. The Balaban J connectivity index is 1.67. The quantitative estimate of drug-likeness (QED) is 0.900. The first-order chi connectivity index (χ1) is 11.0. The SMILES string of the molecule is Cc1n[nH]c(C)c1C(C)CC(=O)NC1CC(C)c2ccccc21. The molecule has 2 aromatic rings. The smallest absolute Gasteiger partial charge is 0.221 e. The molecular weight excluding hydrogens is 286 g/mol. The lowest BCUT2D eigenvalue weighted by molar-refractivity contribution is -0.122. The van der Waals surface area contributed by atoms with E-state index in [1.165, 1.54) is 16.7 Å². The number of H-pyrrole nitrogens is 1. The number of amides is 1. The normalized spacial score (nSPS) is 21.0. The van der Waals surface area contributed by atoms with Crippen LogP contribution in [0.25, 0.3) is 0 Å². The average Bonchev–Trinajstić information content (AvgIpc) is 3.00. The molecule has 1 aromatic heterocycles. The molecule has 4 heteroatoms. The van der Waals surface area contributed by atoms with Crippen LogP contribution < -0.4 is 5.32 Å². The van der Waals surface area contributed by atoms with Crippen LogP contribution in [0.1, 0.15) is 72.6 Å². The second-order valence-electron chi connectivity index (χ2n) is 6.84. The van der Waals surface area contributed by atoms with Crippen LogP contribution in [0.5, 0.6) is 0 Å². The molecule has 0 radical (unpaired) electrons. The molecule has 1 aromatic carbocycles. The van der Waals surface area contributed by atoms with Crippen LogP contribution in [0, 0.1) is 13.8 Å². The zero-order chi connectivity index (χ0) is 16.6. The third-order valence-electron chi connectivity index (χ3n) is 5.00. The molecule has 0 fully saturated rings. The van der Waals surface area contributed by atoms with Crippen molar-refractivity contribution in [2.45, 2.75) is 58.4 Å². The molecule has 122 valence electrons. The predicted octanol–water partition coefficient (Wildman–Crippen LogP) is 3.88. The summed E-state index contributed by atoms with van der Waals surface area (Å²) in [6, 6.07) is 8.58. The summed E-state index contributed by atoms with van der Waals surface area (Å²) < 4.78 is 0. The van der Waals surface area contributed by atoms with Crippen molar-refractivity contribution in [3.8, 4) is 0 Å². The summed E-state index contributed by atoms with van der Waals surface area (Å²) in [7, 11) is 0. The number of benzene rings is 1. The number of aromatic amines is 1. The van der Waals surface area contributed by atoms with Crippen LogP contribution in [0.4, 0.5) is 0 Å². The van der Waals surface area contributed by atoms with E-state index >= 15 is 0 Å². The maximum atomic E-state index is 12.5. The Hall–Kier alpha value is -2.10.